The maximum Gasteiger partial charge on any atom is 0.240 e. The lowest BCUT2D eigenvalue weighted by molar-refractivity contribution is 0.581. The molecule has 0 atom stereocenters. The topological polar surface area (TPSA) is 64.0 Å². The largest absolute Gasteiger partial charge is 0.331 e. The molecular formula is C16H16ClN3O2S. The fraction of sp³-hybridized carbons (Fsp3) is 0.188. The molecule has 0 saturated heterocycles. The lowest BCUT2D eigenvalue weighted by atomic mass is 10.2. The van der Waals surface area contributed by atoms with E-state index in [1.165, 1.54) is 12.1 Å². The number of benzene rings is 2. The van der Waals surface area contributed by atoms with E-state index in [4.69, 9.17) is 11.6 Å². The second-order valence-electron chi connectivity index (χ2n) is 5.32. The highest BCUT2D eigenvalue weighted by molar-refractivity contribution is 7.89. The van der Waals surface area contributed by atoms with Crippen molar-refractivity contribution in [3.8, 4) is 0 Å². The van der Waals surface area contributed by atoms with Gasteiger partial charge in [0, 0.05) is 18.6 Å². The number of sulfonamides is 1. The molecule has 0 amide bonds. The van der Waals surface area contributed by atoms with Crippen molar-refractivity contribution < 1.29 is 8.42 Å². The summed E-state index contributed by atoms with van der Waals surface area (Å²) in [4.78, 5) is 4.65. The van der Waals surface area contributed by atoms with Crippen LogP contribution in [0.4, 0.5) is 0 Å². The first-order valence-corrected chi connectivity index (χ1v) is 8.90. The average Bonchev–Trinajstić information content (AvgIpc) is 2.80. The van der Waals surface area contributed by atoms with Crippen LogP contribution < -0.4 is 4.72 Å². The molecule has 3 aromatic rings. The molecule has 0 radical (unpaired) electrons. The summed E-state index contributed by atoms with van der Waals surface area (Å²) in [6, 6.07) is 11.8. The zero-order valence-electron chi connectivity index (χ0n) is 12.7. The molecule has 120 valence electrons. The summed E-state index contributed by atoms with van der Waals surface area (Å²) in [5.41, 5.74) is 2.73. The van der Waals surface area contributed by atoms with E-state index in [0.717, 1.165) is 22.4 Å². The van der Waals surface area contributed by atoms with Gasteiger partial charge in [-0.05, 0) is 48.9 Å². The second-order valence-corrected chi connectivity index (χ2v) is 7.52. The van der Waals surface area contributed by atoms with Crippen LogP contribution in [0.1, 0.15) is 11.4 Å². The van der Waals surface area contributed by atoms with Gasteiger partial charge in [0.2, 0.25) is 10.0 Å². The van der Waals surface area contributed by atoms with Gasteiger partial charge in [-0.2, -0.15) is 0 Å². The van der Waals surface area contributed by atoms with Gasteiger partial charge in [-0.3, -0.25) is 0 Å². The van der Waals surface area contributed by atoms with Crippen LogP contribution >= 0.6 is 11.6 Å². The van der Waals surface area contributed by atoms with E-state index >= 15 is 0 Å². The molecule has 3 rings (SSSR count). The molecule has 7 heteroatoms. The van der Waals surface area contributed by atoms with Crippen molar-refractivity contribution in [3.05, 3.63) is 58.9 Å². The molecule has 0 fully saturated rings. The first kappa shape index (κ1) is 16.0. The summed E-state index contributed by atoms with van der Waals surface area (Å²) in [6.07, 6.45) is 0. The number of hydrogen-bond acceptors (Lipinski definition) is 3. The Morgan fingerprint density at radius 3 is 2.57 bits per heavy atom. The SMILES string of the molecule is Cc1nc2cc(CNS(=O)(=O)c3ccc(Cl)cc3)ccc2n1C. The minimum atomic E-state index is -3.57. The van der Waals surface area contributed by atoms with Crippen LogP contribution in [0.5, 0.6) is 0 Å². The summed E-state index contributed by atoms with van der Waals surface area (Å²) in [7, 11) is -1.61. The number of nitrogens with one attached hydrogen (secondary N) is 1. The van der Waals surface area contributed by atoms with Gasteiger partial charge in [0.15, 0.2) is 0 Å². The summed E-state index contributed by atoms with van der Waals surface area (Å²) in [5, 5.41) is 0.500. The normalized spacial score (nSPS) is 12.0. The third kappa shape index (κ3) is 3.24. The fourth-order valence-corrected chi connectivity index (χ4v) is 3.49. The van der Waals surface area contributed by atoms with Crippen molar-refractivity contribution in [1.29, 1.82) is 0 Å². The average molecular weight is 350 g/mol. The molecule has 5 nitrogen and oxygen atoms in total. The van der Waals surface area contributed by atoms with Crippen molar-refractivity contribution >= 4 is 32.7 Å². The lowest BCUT2D eigenvalue weighted by Gasteiger charge is -2.07. The van der Waals surface area contributed by atoms with Crippen LogP contribution in [0.3, 0.4) is 0 Å². The maximum atomic E-state index is 12.3. The maximum absolute atomic E-state index is 12.3. The smallest absolute Gasteiger partial charge is 0.240 e. The van der Waals surface area contributed by atoms with Gasteiger partial charge < -0.3 is 4.57 Å². The number of nitrogens with zero attached hydrogens (tertiary/aromatic N) is 2. The standard InChI is InChI=1S/C16H16ClN3O2S/c1-11-19-15-9-12(3-8-16(15)20(11)2)10-18-23(21,22)14-6-4-13(17)5-7-14/h3-9,18H,10H2,1-2H3. The molecule has 0 bridgehead atoms. The Labute approximate surface area is 140 Å². The number of imidazole rings is 1. The Kier molecular flexibility index (Phi) is 4.14. The van der Waals surface area contributed by atoms with Gasteiger partial charge in [0.1, 0.15) is 5.82 Å². The highest BCUT2D eigenvalue weighted by atomic mass is 35.5. The summed E-state index contributed by atoms with van der Waals surface area (Å²) in [5.74, 6) is 0.916. The summed E-state index contributed by atoms with van der Waals surface area (Å²) < 4.78 is 29.1. The Morgan fingerprint density at radius 2 is 1.87 bits per heavy atom. The van der Waals surface area contributed by atoms with E-state index in [0.29, 0.717) is 5.02 Å². The van der Waals surface area contributed by atoms with Crippen LogP contribution in [0.2, 0.25) is 5.02 Å². The molecule has 1 N–H and O–H groups in total. The number of aryl methyl sites for hydroxylation is 2. The highest BCUT2D eigenvalue weighted by Crippen LogP contribution is 2.18. The Hall–Kier alpha value is -1.89. The van der Waals surface area contributed by atoms with E-state index in [1.54, 1.807) is 12.1 Å². The summed E-state index contributed by atoms with van der Waals surface area (Å²) in [6.45, 7) is 2.14. The Balaban J connectivity index is 1.81. The minimum absolute atomic E-state index is 0.191. The molecule has 1 aromatic heterocycles. The van der Waals surface area contributed by atoms with Crippen LogP contribution in [-0.4, -0.2) is 18.0 Å². The molecule has 0 saturated carbocycles. The highest BCUT2D eigenvalue weighted by Gasteiger charge is 2.14. The second kappa shape index (κ2) is 5.96. The van der Waals surface area contributed by atoms with E-state index in [2.05, 4.69) is 9.71 Å². The van der Waals surface area contributed by atoms with Crippen molar-refractivity contribution in [1.82, 2.24) is 14.3 Å². The fourth-order valence-electron chi connectivity index (χ4n) is 2.35. The quantitative estimate of drug-likeness (QED) is 0.787. The van der Waals surface area contributed by atoms with Crippen LogP contribution in [-0.2, 0) is 23.6 Å². The van der Waals surface area contributed by atoms with Gasteiger partial charge in [0.05, 0.1) is 15.9 Å². The van der Waals surface area contributed by atoms with E-state index < -0.39 is 10.0 Å². The molecule has 0 aliphatic heterocycles. The number of halogens is 1. The first-order valence-electron chi connectivity index (χ1n) is 7.04. The van der Waals surface area contributed by atoms with E-state index in [1.807, 2.05) is 36.7 Å². The third-order valence-electron chi connectivity index (χ3n) is 3.76. The van der Waals surface area contributed by atoms with Crippen molar-refractivity contribution in [2.75, 3.05) is 0 Å². The molecule has 0 spiro atoms. The van der Waals surface area contributed by atoms with Crippen LogP contribution in [0.25, 0.3) is 11.0 Å². The third-order valence-corrected chi connectivity index (χ3v) is 5.43. The number of fused-ring (bicyclic) bond motifs is 1. The van der Waals surface area contributed by atoms with E-state index in [9.17, 15) is 8.42 Å². The van der Waals surface area contributed by atoms with Crippen LogP contribution in [0, 0.1) is 6.92 Å². The lowest BCUT2D eigenvalue weighted by Crippen LogP contribution is -2.23. The molecule has 2 aromatic carbocycles. The zero-order chi connectivity index (χ0) is 16.6. The molecule has 0 aliphatic rings. The minimum Gasteiger partial charge on any atom is -0.331 e. The Bertz CT molecular complexity index is 963. The monoisotopic (exact) mass is 349 g/mol. The van der Waals surface area contributed by atoms with Gasteiger partial charge in [-0.1, -0.05) is 17.7 Å². The summed E-state index contributed by atoms with van der Waals surface area (Å²) >= 11 is 5.78. The molecule has 0 unspecified atom stereocenters. The number of aromatic nitrogens is 2. The number of hydrogen-bond donors (Lipinski definition) is 1. The zero-order valence-corrected chi connectivity index (χ0v) is 14.3. The molecular weight excluding hydrogens is 334 g/mol. The number of rotatable bonds is 4. The molecule has 1 heterocycles. The first-order chi connectivity index (χ1) is 10.9. The van der Waals surface area contributed by atoms with Gasteiger partial charge in [0.25, 0.3) is 0 Å². The van der Waals surface area contributed by atoms with Crippen molar-refractivity contribution in [2.45, 2.75) is 18.4 Å². The molecule has 23 heavy (non-hydrogen) atoms. The van der Waals surface area contributed by atoms with Gasteiger partial charge in [-0.25, -0.2) is 18.1 Å². The predicted octanol–water partition coefficient (Wildman–Crippen LogP) is 3.01. The molecule has 0 aliphatic carbocycles. The van der Waals surface area contributed by atoms with Gasteiger partial charge >= 0.3 is 0 Å². The van der Waals surface area contributed by atoms with Crippen molar-refractivity contribution in [2.24, 2.45) is 7.05 Å². The Morgan fingerprint density at radius 1 is 1.17 bits per heavy atom. The van der Waals surface area contributed by atoms with E-state index in [-0.39, 0.29) is 11.4 Å². The predicted molar refractivity (Wildman–Crippen MR) is 90.9 cm³/mol. The van der Waals surface area contributed by atoms with Gasteiger partial charge in [-0.15, -0.1) is 0 Å². The van der Waals surface area contributed by atoms with Crippen molar-refractivity contribution in [3.63, 3.8) is 0 Å². The van der Waals surface area contributed by atoms with Crippen LogP contribution in [0.15, 0.2) is 47.4 Å².